The van der Waals surface area contributed by atoms with Crippen molar-refractivity contribution in [2.45, 2.75) is 73.5 Å². The average Bonchev–Trinajstić information content (AvgIpc) is 3.33. The Kier molecular flexibility index (Phi) is 1.76. The Morgan fingerprint density at radius 2 is 0.682 bits per heavy atom. The fourth-order valence-electron chi connectivity index (χ4n) is 10.7. The van der Waals surface area contributed by atoms with Crippen LogP contribution in [-0.2, 0) is 0 Å². The summed E-state index contributed by atoms with van der Waals surface area (Å²) < 4.78 is 2.36. The number of hydrogen-bond acceptors (Lipinski definition) is 0. The van der Waals surface area contributed by atoms with Crippen molar-refractivity contribution in [1.29, 1.82) is 0 Å². The Balaban J connectivity index is 1.19. The van der Waals surface area contributed by atoms with Gasteiger partial charge in [0, 0.05) is 16.6 Å². The Labute approximate surface area is 137 Å². The summed E-state index contributed by atoms with van der Waals surface area (Å²) in [6.45, 7) is 0. The van der Waals surface area contributed by atoms with Gasteiger partial charge in [-0.2, -0.15) is 0 Å². The highest BCUT2D eigenvalue weighted by Gasteiger charge is 2.99. The summed E-state index contributed by atoms with van der Waals surface area (Å²) in [4.78, 5) is 0. The van der Waals surface area contributed by atoms with Crippen LogP contribution in [0.1, 0.15) is 64.2 Å². The second kappa shape index (κ2) is 3.26. The lowest BCUT2D eigenvalue weighted by molar-refractivity contribution is -0.0200. The molecule has 0 atom stereocenters. The topological polar surface area (TPSA) is 0 Å². The lowest BCUT2D eigenvalue weighted by atomic mass is 9.54. The summed E-state index contributed by atoms with van der Waals surface area (Å²) in [5, 5.41) is 0. The van der Waals surface area contributed by atoms with E-state index in [-0.39, 0.29) is 16.6 Å². The van der Waals surface area contributed by atoms with Crippen LogP contribution in [0.3, 0.4) is 0 Å². The molecule has 2 heteroatoms. The molecule has 0 amide bonds. The van der Waals surface area contributed by atoms with E-state index in [1.165, 1.54) is 56.7 Å². The van der Waals surface area contributed by atoms with Crippen LogP contribution in [0, 0.1) is 47.3 Å². The summed E-state index contributed by atoms with van der Waals surface area (Å²) in [7, 11) is 0.397. The van der Waals surface area contributed by atoms with Crippen molar-refractivity contribution < 1.29 is 0 Å². The van der Waals surface area contributed by atoms with E-state index in [0.717, 1.165) is 0 Å². The van der Waals surface area contributed by atoms with Gasteiger partial charge in [0.25, 0.3) is 0 Å². The molecule has 0 N–H and O–H groups in total. The molecule has 22 heavy (non-hydrogen) atoms. The Morgan fingerprint density at radius 1 is 0.409 bits per heavy atom. The van der Waals surface area contributed by atoms with E-state index < -0.39 is 0 Å². The molecule has 10 fully saturated rings. The van der Waals surface area contributed by atoms with Gasteiger partial charge in [-0.3, -0.25) is 0 Å². The molecule has 2 spiro atoms. The molecule has 10 aliphatic rings. The third-order valence-electron chi connectivity index (χ3n) is 10.6. The van der Waals surface area contributed by atoms with E-state index >= 15 is 0 Å². The maximum atomic E-state index is 1.73. The summed E-state index contributed by atoms with van der Waals surface area (Å²) in [6, 6.07) is 0. The zero-order valence-corrected chi connectivity index (χ0v) is 15.7. The van der Waals surface area contributed by atoms with Crippen molar-refractivity contribution in [3.05, 3.63) is 0 Å². The molecule has 8 bridgehead atoms. The van der Waals surface area contributed by atoms with Gasteiger partial charge in [-0.1, -0.05) is 0 Å². The highest BCUT2D eigenvalue weighted by Crippen LogP contribution is 2.97. The van der Waals surface area contributed by atoms with Gasteiger partial charge >= 0.3 is 0 Å². The highest BCUT2D eigenvalue weighted by molar-refractivity contribution is 7.64. The van der Waals surface area contributed by atoms with E-state index in [1.54, 1.807) is 64.2 Å². The first-order valence-electron chi connectivity index (χ1n) is 10.6. The minimum Gasteiger partial charge on any atom is -0.0476 e. The van der Waals surface area contributed by atoms with Gasteiger partial charge in [0.05, 0.1) is 0 Å². The lowest BCUT2D eigenvalue weighted by Gasteiger charge is -2.65. The average molecular weight is 325 g/mol. The fourth-order valence-corrected chi connectivity index (χ4v) is 31.0. The molecular weight excluding hydrogens is 296 g/mol. The van der Waals surface area contributed by atoms with Crippen LogP contribution in [-0.4, -0.2) is 16.6 Å². The number of hydrogen-bond donors (Lipinski definition) is 0. The second-order valence-corrected chi connectivity index (χ2v) is 19.9. The molecule has 8 aliphatic carbocycles. The first-order valence-corrected chi connectivity index (χ1v) is 14.6. The minimum absolute atomic E-state index is 0.199. The van der Waals surface area contributed by atoms with E-state index in [1.807, 2.05) is 0 Å². The zero-order valence-electron chi connectivity index (χ0n) is 13.7. The van der Waals surface area contributed by atoms with Gasteiger partial charge in [-0.05, 0) is 121 Å². The van der Waals surface area contributed by atoms with Crippen molar-refractivity contribution in [3.63, 3.8) is 0 Å². The van der Waals surface area contributed by atoms with Crippen LogP contribution in [0.25, 0.3) is 0 Å². The zero-order chi connectivity index (χ0) is 13.8. The SMILES string of the molecule is C1C2CC3CC1CC(C2)C31[Si]2[Si]1C21C2CC3CC(C2)CC1C3. The van der Waals surface area contributed by atoms with E-state index in [9.17, 15) is 0 Å². The summed E-state index contributed by atoms with van der Waals surface area (Å²) >= 11 is 0. The standard InChI is InChI=1S/C20H28Si2/c1-11-3-15-5-12(1)6-16(4-11)19(15)21-20(22(19)21)17-7-13-2-14(9-17)10-18(20)8-13/h11-18H,1-10H2. The molecule has 0 aromatic carbocycles. The van der Waals surface area contributed by atoms with Crippen molar-refractivity contribution in [3.8, 4) is 0 Å². The van der Waals surface area contributed by atoms with E-state index in [0.29, 0.717) is 0 Å². The van der Waals surface area contributed by atoms with E-state index in [2.05, 4.69) is 0 Å². The smallest absolute Gasteiger partial charge is 0.0462 e. The van der Waals surface area contributed by atoms with Gasteiger partial charge in [0.15, 0.2) is 0 Å². The molecule has 0 nitrogen and oxygen atoms in total. The molecule has 8 saturated carbocycles. The second-order valence-electron chi connectivity index (χ2n) is 11.1. The number of fused-ring (bicyclic) bond motifs is 1. The first-order chi connectivity index (χ1) is 10.8. The third kappa shape index (κ3) is 0.987. The predicted octanol–water partition coefficient (Wildman–Crippen LogP) is 4.55. The van der Waals surface area contributed by atoms with Crippen LogP contribution in [0.2, 0.25) is 9.32 Å². The van der Waals surface area contributed by atoms with Crippen molar-refractivity contribution in [1.82, 2.24) is 0 Å². The maximum Gasteiger partial charge on any atom is 0.0462 e. The Hall–Kier alpha value is 0.434. The van der Waals surface area contributed by atoms with Gasteiger partial charge in [0.1, 0.15) is 0 Å². The monoisotopic (exact) mass is 324 g/mol. The summed E-state index contributed by atoms with van der Waals surface area (Å²) in [5.74, 6) is 10.1. The van der Waals surface area contributed by atoms with Crippen molar-refractivity contribution in [2.24, 2.45) is 47.3 Å². The van der Waals surface area contributed by atoms with Crippen LogP contribution < -0.4 is 0 Å². The molecule has 0 aromatic rings. The molecule has 10 rings (SSSR count). The lowest BCUT2D eigenvalue weighted by Crippen LogP contribution is -2.56. The molecular formula is C20H28Si2. The van der Waals surface area contributed by atoms with Crippen LogP contribution >= 0.6 is 0 Å². The van der Waals surface area contributed by atoms with Gasteiger partial charge in [-0.15, -0.1) is 0 Å². The summed E-state index contributed by atoms with van der Waals surface area (Å²) in [5.41, 5.74) is 0. The normalized spacial score (nSPS) is 63.8. The first kappa shape index (κ1) is 11.9. The minimum atomic E-state index is 0.199. The van der Waals surface area contributed by atoms with Gasteiger partial charge in [-0.25, -0.2) is 0 Å². The predicted molar refractivity (Wildman–Crippen MR) is 91.0 cm³/mol. The number of rotatable bonds is 0. The molecule has 0 unspecified atom stereocenters. The van der Waals surface area contributed by atoms with Crippen LogP contribution in [0.4, 0.5) is 0 Å². The molecule has 2 saturated heterocycles. The summed E-state index contributed by atoms with van der Waals surface area (Å²) in [6.07, 6.45) is 17.1. The van der Waals surface area contributed by atoms with Gasteiger partial charge in [0.2, 0.25) is 0 Å². The Morgan fingerprint density at radius 3 is 0.955 bits per heavy atom. The largest absolute Gasteiger partial charge is 0.0476 e. The highest BCUT2D eigenvalue weighted by atomic mass is 29.3. The van der Waals surface area contributed by atoms with Crippen molar-refractivity contribution in [2.75, 3.05) is 0 Å². The van der Waals surface area contributed by atoms with Crippen molar-refractivity contribution >= 4 is 16.6 Å². The third-order valence-corrected chi connectivity index (χ3v) is 24.7. The van der Waals surface area contributed by atoms with E-state index in [4.69, 9.17) is 0 Å². The Bertz CT molecular complexity index is 475. The molecule has 2 heterocycles. The molecule has 2 aliphatic heterocycles. The van der Waals surface area contributed by atoms with Crippen LogP contribution in [0.15, 0.2) is 0 Å². The maximum absolute atomic E-state index is 1.73. The fraction of sp³-hybridized carbons (Fsp3) is 1.00. The molecule has 2 radical (unpaired) electrons. The quantitative estimate of drug-likeness (QED) is 0.573. The van der Waals surface area contributed by atoms with Crippen LogP contribution in [0.5, 0.6) is 0 Å². The molecule has 0 aromatic heterocycles. The van der Waals surface area contributed by atoms with Gasteiger partial charge < -0.3 is 0 Å². The molecule has 116 valence electrons.